The van der Waals surface area contributed by atoms with E-state index >= 15 is 0 Å². The first-order valence-electron chi connectivity index (χ1n) is 7.80. The van der Waals surface area contributed by atoms with Gasteiger partial charge < -0.3 is 5.32 Å². The monoisotopic (exact) mass is 345 g/mol. The quantitative estimate of drug-likeness (QED) is 0.763. The second kappa shape index (κ2) is 6.28. The Balaban J connectivity index is 1.77. The Bertz CT molecular complexity index is 911. The molecule has 2 aromatic heterocycles. The van der Waals surface area contributed by atoms with Crippen molar-refractivity contribution in [3.05, 3.63) is 45.9 Å². The summed E-state index contributed by atoms with van der Waals surface area (Å²) in [6.45, 7) is 6.00. The zero-order valence-electron chi connectivity index (χ0n) is 14.1. The van der Waals surface area contributed by atoms with Crippen LogP contribution >= 0.6 is 11.6 Å². The summed E-state index contributed by atoms with van der Waals surface area (Å²) in [6.07, 6.45) is 0.723. The van der Waals surface area contributed by atoms with E-state index < -0.39 is 0 Å². The third-order valence-corrected chi connectivity index (χ3v) is 4.52. The number of H-pyrrole nitrogens is 1. The summed E-state index contributed by atoms with van der Waals surface area (Å²) in [4.78, 5) is 12.5. The Morgan fingerprint density at radius 2 is 2.17 bits per heavy atom. The van der Waals surface area contributed by atoms with Crippen LogP contribution in [0.25, 0.3) is 10.9 Å². The molecule has 7 heteroatoms. The number of nitrogens with one attached hydrogen (secondary N) is 2. The molecule has 0 radical (unpaired) electrons. The predicted molar refractivity (Wildman–Crippen MR) is 94.4 cm³/mol. The number of aromatic nitrogens is 4. The lowest BCUT2D eigenvalue weighted by Crippen LogP contribution is -2.34. The Morgan fingerprint density at radius 1 is 1.42 bits per heavy atom. The van der Waals surface area contributed by atoms with E-state index in [-0.39, 0.29) is 11.9 Å². The van der Waals surface area contributed by atoms with Crippen LogP contribution in [0.3, 0.4) is 0 Å². The van der Waals surface area contributed by atoms with Gasteiger partial charge in [0.25, 0.3) is 5.91 Å². The normalized spacial score (nSPS) is 12.5. The second-order valence-electron chi connectivity index (χ2n) is 6.11. The summed E-state index contributed by atoms with van der Waals surface area (Å²) in [5.74, 6) is -0.213. The average Bonchev–Trinajstić information content (AvgIpc) is 3.03. The highest BCUT2D eigenvalue weighted by atomic mass is 35.5. The zero-order valence-corrected chi connectivity index (χ0v) is 14.9. The van der Waals surface area contributed by atoms with Gasteiger partial charge in [-0.3, -0.25) is 14.6 Å². The second-order valence-corrected chi connectivity index (χ2v) is 6.55. The van der Waals surface area contributed by atoms with Crippen LogP contribution < -0.4 is 5.32 Å². The van der Waals surface area contributed by atoms with E-state index in [2.05, 4.69) is 20.6 Å². The fraction of sp³-hybridized carbons (Fsp3) is 0.353. The average molecular weight is 346 g/mol. The van der Waals surface area contributed by atoms with Crippen LogP contribution in [0.1, 0.15) is 34.4 Å². The molecular weight excluding hydrogens is 326 g/mol. The molecule has 0 aliphatic carbocycles. The summed E-state index contributed by atoms with van der Waals surface area (Å²) >= 11 is 6.02. The largest absolute Gasteiger partial charge is 0.348 e. The first-order chi connectivity index (χ1) is 11.4. The molecule has 6 nitrogen and oxygen atoms in total. The topological polar surface area (TPSA) is 75.6 Å². The van der Waals surface area contributed by atoms with E-state index in [1.54, 1.807) is 12.1 Å². The molecule has 0 aliphatic heterocycles. The lowest BCUT2D eigenvalue weighted by Gasteiger charge is -2.13. The van der Waals surface area contributed by atoms with Crippen molar-refractivity contribution in [2.45, 2.75) is 33.2 Å². The van der Waals surface area contributed by atoms with Crippen LogP contribution in [0.2, 0.25) is 5.02 Å². The first-order valence-corrected chi connectivity index (χ1v) is 8.18. The molecule has 126 valence electrons. The van der Waals surface area contributed by atoms with Gasteiger partial charge in [-0.05, 0) is 51.0 Å². The van der Waals surface area contributed by atoms with Gasteiger partial charge in [0.15, 0.2) is 5.69 Å². The maximum absolute atomic E-state index is 12.5. The van der Waals surface area contributed by atoms with E-state index in [1.807, 2.05) is 38.6 Å². The first kappa shape index (κ1) is 16.5. The van der Waals surface area contributed by atoms with Crippen molar-refractivity contribution in [2.24, 2.45) is 7.05 Å². The van der Waals surface area contributed by atoms with Gasteiger partial charge in [-0.25, -0.2) is 0 Å². The van der Waals surface area contributed by atoms with Crippen LogP contribution in [0.15, 0.2) is 18.2 Å². The van der Waals surface area contributed by atoms with Gasteiger partial charge in [0.2, 0.25) is 0 Å². The van der Waals surface area contributed by atoms with Gasteiger partial charge in [-0.15, -0.1) is 0 Å². The van der Waals surface area contributed by atoms with Crippen molar-refractivity contribution in [3.8, 4) is 0 Å². The highest BCUT2D eigenvalue weighted by Gasteiger charge is 2.19. The number of benzene rings is 1. The molecule has 0 saturated heterocycles. The molecule has 0 bridgehead atoms. The predicted octanol–water partition coefficient (Wildman–Crippen LogP) is 2.93. The van der Waals surface area contributed by atoms with Crippen molar-refractivity contribution in [1.29, 1.82) is 0 Å². The summed E-state index contributed by atoms with van der Waals surface area (Å²) in [6, 6.07) is 5.29. The summed E-state index contributed by atoms with van der Waals surface area (Å²) in [5, 5.41) is 15.7. The minimum Gasteiger partial charge on any atom is -0.348 e. The van der Waals surface area contributed by atoms with E-state index in [0.29, 0.717) is 10.7 Å². The van der Waals surface area contributed by atoms with Gasteiger partial charge >= 0.3 is 0 Å². The molecule has 3 aromatic rings. The molecule has 1 aromatic carbocycles. The molecule has 2 heterocycles. The number of nitrogens with zero attached hydrogens (tertiary/aromatic N) is 3. The third-order valence-electron chi connectivity index (χ3n) is 4.29. The van der Waals surface area contributed by atoms with Crippen molar-refractivity contribution < 1.29 is 4.79 Å². The standard InChI is InChI=1S/C17H20ClN5O/c1-9(7-13-10(2)22-23(4)11(13)3)19-17(24)16-14-8-12(18)5-6-15(14)20-21-16/h5-6,8-9H,7H2,1-4H3,(H,19,24)(H,20,21). The number of aryl methyl sites for hydroxylation is 2. The number of hydrogen-bond acceptors (Lipinski definition) is 3. The van der Waals surface area contributed by atoms with E-state index in [9.17, 15) is 4.79 Å². The molecule has 1 atom stereocenters. The molecule has 0 spiro atoms. The summed E-state index contributed by atoms with van der Waals surface area (Å²) in [7, 11) is 1.93. The maximum Gasteiger partial charge on any atom is 0.272 e. The van der Waals surface area contributed by atoms with Gasteiger partial charge in [0.05, 0.1) is 11.2 Å². The highest BCUT2D eigenvalue weighted by Crippen LogP contribution is 2.21. The zero-order chi connectivity index (χ0) is 17.4. The number of amides is 1. The van der Waals surface area contributed by atoms with E-state index in [1.165, 1.54) is 5.56 Å². The molecule has 0 saturated carbocycles. The Labute approximate surface area is 145 Å². The number of hydrogen-bond donors (Lipinski definition) is 2. The molecule has 1 unspecified atom stereocenters. The number of carbonyl (C=O) groups excluding carboxylic acids is 1. The Hall–Kier alpha value is -2.34. The number of aromatic amines is 1. The number of rotatable bonds is 4. The lowest BCUT2D eigenvalue weighted by molar-refractivity contribution is 0.0936. The molecule has 24 heavy (non-hydrogen) atoms. The molecule has 1 amide bonds. The molecule has 0 aliphatic rings. The van der Waals surface area contributed by atoms with E-state index in [4.69, 9.17) is 11.6 Å². The number of fused-ring (bicyclic) bond motifs is 1. The van der Waals surface area contributed by atoms with Crippen molar-refractivity contribution in [1.82, 2.24) is 25.3 Å². The van der Waals surface area contributed by atoms with Crippen LogP contribution in [0, 0.1) is 13.8 Å². The van der Waals surface area contributed by atoms with Gasteiger partial charge in [0.1, 0.15) is 0 Å². The minimum absolute atomic E-state index is 0.0370. The van der Waals surface area contributed by atoms with Crippen molar-refractivity contribution in [3.63, 3.8) is 0 Å². The van der Waals surface area contributed by atoms with Crippen LogP contribution in [0.4, 0.5) is 0 Å². The third kappa shape index (κ3) is 3.01. The molecule has 3 rings (SSSR count). The fourth-order valence-corrected chi connectivity index (χ4v) is 3.09. The fourth-order valence-electron chi connectivity index (χ4n) is 2.92. The SMILES string of the molecule is Cc1nn(C)c(C)c1CC(C)NC(=O)c1n[nH]c2ccc(Cl)cc12. The molecule has 2 N–H and O–H groups in total. The van der Waals surface area contributed by atoms with Crippen molar-refractivity contribution >= 4 is 28.4 Å². The van der Waals surface area contributed by atoms with Crippen LogP contribution in [-0.2, 0) is 13.5 Å². The molecular formula is C17H20ClN5O. The highest BCUT2D eigenvalue weighted by molar-refractivity contribution is 6.31. The minimum atomic E-state index is -0.213. The lowest BCUT2D eigenvalue weighted by atomic mass is 10.1. The van der Waals surface area contributed by atoms with E-state index in [0.717, 1.165) is 28.7 Å². The van der Waals surface area contributed by atoms with Gasteiger partial charge in [-0.1, -0.05) is 11.6 Å². The molecule has 0 fully saturated rings. The van der Waals surface area contributed by atoms with Crippen LogP contribution in [-0.4, -0.2) is 31.9 Å². The van der Waals surface area contributed by atoms with Gasteiger partial charge in [-0.2, -0.15) is 10.2 Å². The summed E-state index contributed by atoms with van der Waals surface area (Å²) in [5.41, 5.74) is 4.43. The number of halogens is 1. The number of carbonyl (C=O) groups is 1. The van der Waals surface area contributed by atoms with Gasteiger partial charge in [0, 0.05) is 29.2 Å². The van der Waals surface area contributed by atoms with Crippen LogP contribution in [0.5, 0.6) is 0 Å². The summed E-state index contributed by atoms with van der Waals surface area (Å²) < 4.78 is 1.86. The van der Waals surface area contributed by atoms with Crippen molar-refractivity contribution in [2.75, 3.05) is 0 Å². The smallest absolute Gasteiger partial charge is 0.272 e. The maximum atomic E-state index is 12.5. The Morgan fingerprint density at radius 3 is 2.83 bits per heavy atom. The Kier molecular flexibility index (Phi) is 4.32.